The lowest BCUT2D eigenvalue weighted by atomic mass is 10.2. The van der Waals surface area contributed by atoms with E-state index in [0.29, 0.717) is 11.5 Å². The molecule has 1 N–H and O–H groups in total. The SMILES string of the molecule is CCCn1c(-c2nc(C(=O)Nc3ncccc3C)cs2)cc2ccccc21. The van der Waals surface area contributed by atoms with Gasteiger partial charge in [0.1, 0.15) is 16.5 Å². The van der Waals surface area contributed by atoms with Crippen LogP contribution >= 0.6 is 11.3 Å². The van der Waals surface area contributed by atoms with Crippen molar-refractivity contribution in [2.75, 3.05) is 5.32 Å². The van der Waals surface area contributed by atoms with E-state index in [4.69, 9.17) is 0 Å². The van der Waals surface area contributed by atoms with Crippen molar-refractivity contribution >= 4 is 34.0 Å². The van der Waals surface area contributed by atoms with Crippen molar-refractivity contribution in [1.29, 1.82) is 0 Å². The molecule has 3 heterocycles. The van der Waals surface area contributed by atoms with E-state index >= 15 is 0 Å². The van der Waals surface area contributed by atoms with Gasteiger partial charge in [-0.2, -0.15) is 0 Å². The number of hydrogen-bond acceptors (Lipinski definition) is 4. The molecule has 0 bridgehead atoms. The lowest BCUT2D eigenvalue weighted by molar-refractivity contribution is 0.102. The second-order valence-corrected chi connectivity index (χ2v) is 7.26. The van der Waals surface area contributed by atoms with Gasteiger partial charge in [-0.05, 0) is 37.1 Å². The fourth-order valence-electron chi connectivity index (χ4n) is 3.14. The molecule has 0 aliphatic heterocycles. The van der Waals surface area contributed by atoms with Gasteiger partial charge >= 0.3 is 0 Å². The van der Waals surface area contributed by atoms with Crippen LogP contribution in [0.4, 0.5) is 5.82 Å². The topological polar surface area (TPSA) is 59.8 Å². The Morgan fingerprint density at radius 1 is 1.22 bits per heavy atom. The Labute approximate surface area is 161 Å². The Morgan fingerprint density at radius 3 is 2.89 bits per heavy atom. The number of thiazole rings is 1. The summed E-state index contributed by atoms with van der Waals surface area (Å²) < 4.78 is 2.28. The molecule has 6 heteroatoms. The van der Waals surface area contributed by atoms with Gasteiger partial charge in [0.2, 0.25) is 0 Å². The van der Waals surface area contributed by atoms with Gasteiger partial charge < -0.3 is 9.88 Å². The van der Waals surface area contributed by atoms with Crippen LogP contribution in [0.3, 0.4) is 0 Å². The van der Waals surface area contributed by atoms with Gasteiger partial charge in [0.25, 0.3) is 5.91 Å². The summed E-state index contributed by atoms with van der Waals surface area (Å²) in [6.45, 7) is 4.99. The fraction of sp³-hybridized carbons (Fsp3) is 0.190. The van der Waals surface area contributed by atoms with Gasteiger partial charge in [-0.1, -0.05) is 31.2 Å². The lowest BCUT2D eigenvalue weighted by Gasteiger charge is -2.07. The molecule has 0 saturated carbocycles. The number of benzene rings is 1. The zero-order valence-corrected chi connectivity index (χ0v) is 16.1. The molecule has 1 amide bonds. The van der Waals surface area contributed by atoms with Crippen molar-refractivity contribution in [2.24, 2.45) is 0 Å². The molecule has 3 aromatic heterocycles. The number of fused-ring (bicyclic) bond motifs is 1. The summed E-state index contributed by atoms with van der Waals surface area (Å²) in [5.41, 5.74) is 3.58. The number of nitrogens with one attached hydrogen (secondary N) is 1. The number of carbonyl (C=O) groups excluding carboxylic acids is 1. The van der Waals surface area contributed by atoms with E-state index in [0.717, 1.165) is 29.2 Å². The first kappa shape index (κ1) is 17.4. The van der Waals surface area contributed by atoms with Crippen molar-refractivity contribution in [3.8, 4) is 10.7 Å². The quantitative estimate of drug-likeness (QED) is 0.525. The number of para-hydroxylation sites is 1. The molecular formula is C21H20N4OS. The molecule has 0 aliphatic carbocycles. The Hall–Kier alpha value is -2.99. The number of hydrogen-bond donors (Lipinski definition) is 1. The van der Waals surface area contributed by atoms with Crippen molar-refractivity contribution in [1.82, 2.24) is 14.5 Å². The van der Waals surface area contributed by atoms with E-state index < -0.39 is 0 Å². The third kappa shape index (κ3) is 3.36. The summed E-state index contributed by atoms with van der Waals surface area (Å²) in [5, 5.41) is 6.68. The van der Waals surface area contributed by atoms with Crippen LogP contribution in [0.2, 0.25) is 0 Å². The number of pyridine rings is 1. The van der Waals surface area contributed by atoms with E-state index in [1.54, 1.807) is 11.6 Å². The average molecular weight is 376 g/mol. The van der Waals surface area contributed by atoms with Crippen LogP contribution in [-0.2, 0) is 6.54 Å². The normalized spacial score (nSPS) is 11.0. The molecule has 1 aromatic carbocycles. The van der Waals surface area contributed by atoms with Crippen LogP contribution in [-0.4, -0.2) is 20.4 Å². The van der Waals surface area contributed by atoms with Crippen LogP contribution in [0.25, 0.3) is 21.6 Å². The smallest absolute Gasteiger partial charge is 0.276 e. The fourth-order valence-corrected chi connectivity index (χ4v) is 3.96. The minimum absolute atomic E-state index is 0.238. The standard InChI is InChI=1S/C21H20N4OS/c1-3-11-25-17-9-5-4-8-15(17)12-18(25)21-23-16(13-27-21)20(26)24-19-14(2)7-6-10-22-19/h4-10,12-13H,3,11H2,1-2H3,(H,22,24,26). The van der Waals surface area contributed by atoms with Gasteiger partial charge in [-0.3, -0.25) is 4.79 Å². The van der Waals surface area contributed by atoms with Crippen molar-refractivity contribution in [3.63, 3.8) is 0 Å². The molecule has 136 valence electrons. The maximum Gasteiger partial charge on any atom is 0.276 e. The van der Waals surface area contributed by atoms with E-state index in [1.165, 1.54) is 22.2 Å². The Bertz CT molecular complexity index is 1110. The number of nitrogens with zero attached hydrogens (tertiary/aromatic N) is 3. The lowest BCUT2D eigenvalue weighted by Crippen LogP contribution is -2.14. The predicted molar refractivity (Wildman–Crippen MR) is 110 cm³/mol. The molecule has 0 radical (unpaired) electrons. The van der Waals surface area contributed by atoms with E-state index in [2.05, 4.69) is 45.0 Å². The van der Waals surface area contributed by atoms with Crippen molar-refractivity contribution < 1.29 is 4.79 Å². The van der Waals surface area contributed by atoms with Crippen LogP contribution in [0.5, 0.6) is 0 Å². The maximum absolute atomic E-state index is 12.6. The zero-order valence-electron chi connectivity index (χ0n) is 15.3. The summed E-state index contributed by atoms with van der Waals surface area (Å²) in [6.07, 6.45) is 2.70. The molecule has 0 saturated heterocycles. The largest absolute Gasteiger partial charge is 0.339 e. The van der Waals surface area contributed by atoms with Crippen LogP contribution in [0.1, 0.15) is 29.4 Å². The monoisotopic (exact) mass is 376 g/mol. The van der Waals surface area contributed by atoms with E-state index in [9.17, 15) is 4.79 Å². The van der Waals surface area contributed by atoms with Gasteiger partial charge in [-0.25, -0.2) is 9.97 Å². The molecule has 0 fully saturated rings. The van der Waals surface area contributed by atoms with Gasteiger partial charge in [0.05, 0.1) is 5.69 Å². The molecule has 0 unspecified atom stereocenters. The predicted octanol–water partition coefficient (Wildman–Crippen LogP) is 5.13. The second kappa shape index (κ2) is 7.32. The molecule has 27 heavy (non-hydrogen) atoms. The molecule has 0 spiro atoms. The highest BCUT2D eigenvalue weighted by molar-refractivity contribution is 7.13. The molecule has 0 atom stereocenters. The maximum atomic E-state index is 12.6. The number of amides is 1. The zero-order chi connectivity index (χ0) is 18.8. The highest BCUT2D eigenvalue weighted by atomic mass is 32.1. The Balaban J connectivity index is 1.66. The van der Waals surface area contributed by atoms with E-state index in [-0.39, 0.29) is 5.91 Å². The Kier molecular flexibility index (Phi) is 4.73. The van der Waals surface area contributed by atoms with Gasteiger partial charge in [-0.15, -0.1) is 11.3 Å². The van der Waals surface area contributed by atoms with Crippen LogP contribution in [0.15, 0.2) is 54.0 Å². The third-order valence-electron chi connectivity index (χ3n) is 4.46. The molecule has 4 aromatic rings. The van der Waals surface area contributed by atoms with Crippen molar-refractivity contribution in [3.05, 3.63) is 65.3 Å². The molecular weight excluding hydrogens is 356 g/mol. The first-order valence-corrected chi connectivity index (χ1v) is 9.82. The Morgan fingerprint density at radius 2 is 2.07 bits per heavy atom. The summed E-state index contributed by atoms with van der Waals surface area (Å²) in [5.74, 6) is 0.328. The van der Waals surface area contributed by atoms with Gasteiger partial charge in [0.15, 0.2) is 0 Å². The van der Waals surface area contributed by atoms with Crippen molar-refractivity contribution in [2.45, 2.75) is 26.8 Å². The van der Waals surface area contributed by atoms with Crippen LogP contribution < -0.4 is 5.32 Å². The minimum atomic E-state index is -0.238. The van der Waals surface area contributed by atoms with E-state index in [1.807, 2.05) is 31.2 Å². The summed E-state index contributed by atoms with van der Waals surface area (Å²) in [6, 6.07) is 14.2. The number of anilines is 1. The highest BCUT2D eigenvalue weighted by Crippen LogP contribution is 2.31. The molecule has 4 rings (SSSR count). The number of aromatic nitrogens is 3. The van der Waals surface area contributed by atoms with Gasteiger partial charge in [0, 0.05) is 29.0 Å². The first-order valence-electron chi connectivity index (χ1n) is 8.94. The number of aryl methyl sites for hydroxylation is 2. The van der Waals surface area contributed by atoms with Crippen LogP contribution in [0, 0.1) is 6.92 Å². The molecule has 0 aliphatic rings. The second-order valence-electron chi connectivity index (χ2n) is 6.40. The third-order valence-corrected chi connectivity index (χ3v) is 5.32. The number of carbonyl (C=O) groups is 1. The first-order chi connectivity index (χ1) is 13.2. The summed E-state index contributed by atoms with van der Waals surface area (Å²) in [4.78, 5) is 21.4. The average Bonchev–Trinajstić information content (AvgIpc) is 3.29. The highest BCUT2D eigenvalue weighted by Gasteiger charge is 2.17. The summed E-state index contributed by atoms with van der Waals surface area (Å²) >= 11 is 1.49. The number of rotatable bonds is 5. The summed E-state index contributed by atoms with van der Waals surface area (Å²) in [7, 11) is 0. The minimum Gasteiger partial charge on any atom is -0.339 e. The molecule has 5 nitrogen and oxygen atoms in total.